The van der Waals surface area contributed by atoms with Gasteiger partial charge in [0.1, 0.15) is 73.2 Å². The maximum absolute atomic E-state index is 13.3. The van der Waals surface area contributed by atoms with E-state index in [-0.39, 0.29) is 12.3 Å². The molecule has 19 nitrogen and oxygen atoms in total. The van der Waals surface area contributed by atoms with Crippen molar-refractivity contribution in [2.45, 2.75) is 253 Å². The number of aliphatic hydroxyl groups excluding tert-OH is 11. The van der Waals surface area contributed by atoms with E-state index < -0.39 is 131 Å². The van der Waals surface area contributed by atoms with Gasteiger partial charge in [0, 0.05) is 6.42 Å². The smallest absolute Gasteiger partial charge is 0.220 e. The highest BCUT2D eigenvalue weighted by Gasteiger charge is 2.53. The number of nitrogens with one attached hydrogen (secondary N) is 1. The van der Waals surface area contributed by atoms with Crippen LogP contribution in [0.3, 0.4) is 0 Å². The van der Waals surface area contributed by atoms with Crippen molar-refractivity contribution in [3.8, 4) is 0 Å². The summed E-state index contributed by atoms with van der Waals surface area (Å²) in [7, 11) is 0. The summed E-state index contributed by atoms with van der Waals surface area (Å²) in [5.74, 6) is -0.332. The van der Waals surface area contributed by atoms with Gasteiger partial charge in [-0.25, -0.2) is 0 Å². The van der Waals surface area contributed by atoms with E-state index >= 15 is 0 Å². The number of hydrogen-bond donors (Lipinski definition) is 12. The number of unbranched alkanes of at least 4 members (excludes halogenated alkanes) is 7. The lowest BCUT2D eigenvalue weighted by molar-refractivity contribution is -0.379. The molecule has 12 N–H and O–H groups in total. The fourth-order valence-electron chi connectivity index (χ4n) is 9.61. The summed E-state index contributed by atoms with van der Waals surface area (Å²) in [5, 5.41) is 120. The van der Waals surface area contributed by atoms with Gasteiger partial charge in [0.25, 0.3) is 0 Å². The maximum atomic E-state index is 13.3. The van der Waals surface area contributed by atoms with Crippen LogP contribution in [0.2, 0.25) is 0 Å². The molecule has 17 unspecified atom stereocenters. The third kappa shape index (κ3) is 31.6. The van der Waals surface area contributed by atoms with Crippen LogP contribution in [0.5, 0.6) is 0 Å². The Morgan fingerprint density at radius 2 is 0.795 bits per heavy atom. The molecule has 498 valence electrons. The van der Waals surface area contributed by atoms with Crippen molar-refractivity contribution in [2.24, 2.45) is 0 Å². The summed E-state index contributed by atoms with van der Waals surface area (Å²) in [4.78, 5) is 13.3. The van der Waals surface area contributed by atoms with E-state index in [1.54, 1.807) is 12.2 Å². The zero-order valence-electron chi connectivity index (χ0n) is 52.1. The second-order valence-electron chi connectivity index (χ2n) is 22.1. The van der Waals surface area contributed by atoms with Crippen LogP contribution >= 0.6 is 0 Å². The summed E-state index contributed by atoms with van der Waals surface area (Å²) >= 11 is 0. The Balaban J connectivity index is 1.44. The number of amides is 1. The number of carbonyl (C=O) groups is 1. The SMILES string of the molecule is CC/C=C\C/C=C\C/C=C\C/C=C\C/C=C\C/C=C\C/C=C\C/C=C\C/C=C\CCCCCC(=O)NC(COC1OC(CO)C(OC2OC(CO)C(OC3OC(CO)C(O)C(O)C3O)C(O)C2O)C(O)C1O)C(O)/C=C/CC/C=C/CC/C=C/CCCC. The fourth-order valence-corrected chi connectivity index (χ4v) is 9.61. The predicted molar refractivity (Wildman–Crippen MR) is 341 cm³/mol. The summed E-state index contributed by atoms with van der Waals surface area (Å²) in [6, 6.07) is -1.02. The van der Waals surface area contributed by atoms with Crippen molar-refractivity contribution in [3.63, 3.8) is 0 Å². The third-order valence-electron chi connectivity index (χ3n) is 14.8. The molecular weight excluding hydrogens is 1130 g/mol. The van der Waals surface area contributed by atoms with Crippen molar-refractivity contribution in [3.05, 3.63) is 146 Å². The lowest BCUT2D eigenvalue weighted by Gasteiger charge is -2.48. The predicted octanol–water partition coefficient (Wildman–Crippen LogP) is 7.20. The van der Waals surface area contributed by atoms with E-state index in [1.807, 2.05) is 0 Å². The van der Waals surface area contributed by atoms with Gasteiger partial charge in [0.05, 0.1) is 38.6 Å². The molecule has 0 aliphatic carbocycles. The largest absolute Gasteiger partial charge is 0.394 e. The first-order chi connectivity index (χ1) is 42.8. The normalized spacial score (nSPS) is 29.4. The summed E-state index contributed by atoms with van der Waals surface area (Å²) < 4.78 is 34.2. The Hall–Kier alpha value is -4.33. The van der Waals surface area contributed by atoms with Crippen LogP contribution in [-0.2, 0) is 33.2 Å². The second-order valence-corrected chi connectivity index (χ2v) is 22.1. The molecule has 0 aromatic carbocycles. The Morgan fingerprint density at radius 3 is 1.25 bits per heavy atom. The average molecular weight is 1240 g/mol. The van der Waals surface area contributed by atoms with Crippen molar-refractivity contribution in [2.75, 3.05) is 26.4 Å². The molecule has 0 spiro atoms. The molecule has 0 saturated carbocycles. The molecule has 0 radical (unpaired) electrons. The van der Waals surface area contributed by atoms with E-state index in [1.165, 1.54) is 12.8 Å². The fraction of sp³-hybridized carbons (Fsp3) is 0.638. The quantitative estimate of drug-likeness (QED) is 0.0212. The Kier molecular flexibility index (Phi) is 43.7. The number of aliphatic hydroxyl groups is 11. The van der Waals surface area contributed by atoms with Gasteiger partial charge in [0.15, 0.2) is 18.9 Å². The van der Waals surface area contributed by atoms with Crippen molar-refractivity contribution >= 4 is 5.91 Å². The van der Waals surface area contributed by atoms with Gasteiger partial charge in [-0.1, -0.05) is 179 Å². The average Bonchev–Trinajstić information content (AvgIpc) is 1.54. The van der Waals surface area contributed by atoms with Crippen LogP contribution < -0.4 is 5.32 Å². The minimum Gasteiger partial charge on any atom is -0.394 e. The van der Waals surface area contributed by atoms with Gasteiger partial charge >= 0.3 is 0 Å². The van der Waals surface area contributed by atoms with Crippen molar-refractivity contribution in [1.29, 1.82) is 0 Å². The van der Waals surface area contributed by atoms with Gasteiger partial charge in [-0.3, -0.25) is 4.79 Å². The summed E-state index contributed by atoms with van der Waals surface area (Å²) in [6.07, 6.45) is 42.7. The van der Waals surface area contributed by atoms with E-state index in [0.717, 1.165) is 103 Å². The number of allylic oxidation sites excluding steroid dienone is 23. The number of ether oxygens (including phenoxy) is 6. The standard InChI is InChI=1S/C69H109NO18/c1-3-5-7-9-11-13-15-17-18-19-20-21-22-23-24-25-26-27-28-29-30-31-32-33-34-35-37-39-41-43-45-47-57(75)70-52(53(74)46-44-42-40-38-36-16-14-12-10-8-6-4-2)51-83-67-63(81)60(78)65(55(49-72)85-67)88-69-64(82)61(79)66(56(50-73)86-69)87-68-62(80)59(77)58(76)54(48-71)84-68/h5,7,10-13,17-18,20-21,23-24,26-27,29-30,32-33,35-38,44,46,52-56,58-69,71-74,76-82H,3-4,6,8-9,14-16,19,22,25,28,31,34,39-43,45,47-51H2,1-2H3,(H,70,75)/b7-5-,12-10+,13-11-,18-17-,21-20-,24-23-,27-26-,30-29-,33-32-,37-35-,38-36+,46-44+. The van der Waals surface area contributed by atoms with Crippen LogP contribution in [0, 0.1) is 0 Å². The molecule has 3 aliphatic heterocycles. The van der Waals surface area contributed by atoms with Gasteiger partial charge in [-0.15, -0.1) is 0 Å². The van der Waals surface area contributed by atoms with Crippen LogP contribution in [0.4, 0.5) is 0 Å². The van der Waals surface area contributed by atoms with E-state index in [2.05, 4.69) is 153 Å². The van der Waals surface area contributed by atoms with Crippen LogP contribution in [0.25, 0.3) is 0 Å². The molecule has 3 aliphatic rings. The summed E-state index contributed by atoms with van der Waals surface area (Å²) in [6.45, 7) is 1.46. The van der Waals surface area contributed by atoms with Crippen molar-refractivity contribution < 1.29 is 89.4 Å². The molecule has 3 heterocycles. The zero-order valence-corrected chi connectivity index (χ0v) is 52.1. The van der Waals surface area contributed by atoms with Crippen molar-refractivity contribution in [1.82, 2.24) is 5.32 Å². The third-order valence-corrected chi connectivity index (χ3v) is 14.8. The number of hydrogen-bond acceptors (Lipinski definition) is 18. The second kappa shape index (κ2) is 49.4. The van der Waals surface area contributed by atoms with E-state index in [0.29, 0.717) is 12.8 Å². The van der Waals surface area contributed by atoms with Crippen LogP contribution in [-0.4, -0.2) is 193 Å². The summed E-state index contributed by atoms with van der Waals surface area (Å²) in [5.41, 5.74) is 0. The van der Waals surface area contributed by atoms with Gasteiger partial charge < -0.3 is 89.9 Å². The lowest BCUT2D eigenvalue weighted by Crippen LogP contribution is -2.66. The van der Waals surface area contributed by atoms with Gasteiger partial charge in [-0.2, -0.15) is 0 Å². The van der Waals surface area contributed by atoms with E-state index in [9.17, 15) is 61.0 Å². The van der Waals surface area contributed by atoms with Crippen LogP contribution in [0.15, 0.2) is 146 Å². The first-order valence-electron chi connectivity index (χ1n) is 32.1. The highest BCUT2D eigenvalue weighted by atomic mass is 16.8. The number of carbonyl (C=O) groups excluding carboxylic acids is 1. The van der Waals surface area contributed by atoms with Crippen LogP contribution in [0.1, 0.15) is 149 Å². The minimum atomic E-state index is -1.99. The molecular formula is C69H109NO18. The van der Waals surface area contributed by atoms with Gasteiger partial charge in [-0.05, 0) is 109 Å². The molecule has 19 heteroatoms. The topological polar surface area (TPSA) is 307 Å². The first kappa shape index (κ1) is 77.9. The highest BCUT2D eigenvalue weighted by Crippen LogP contribution is 2.33. The first-order valence-corrected chi connectivity index (χ1v) is 32.1. The molecule has 17 atom stereocenters. The molecule has 88 heavy (non-hydrogen) atoms. The molecule has 0 aromatic rings. The van der Waals surface area contributed by atoms with E-state index in [4.69, 9.17) is 28.4 Å². The zero-order chi connectivity index (χ0) is 64.0. The Labute approximate surface area is 523 Å². The highest BCUT2D eigenvalue weighted by molar-refractivity contribution is 5.76. The Bertz CT molecular complexity index is 2170. The Morgan fingerprint density at radius 1 is 0.420 bits per heavy atom. The molecule has 3 rings (SSSR count). The number of rotatable bonds is 45. The molecule has 3 saturated heterocycles. The molecule has 3 fully saturated rings. The lowest BCUT2D eigenvalue weighted by atomic mass is 9.96. The maximum Gasteiger partial charge on any atom is 0.220 e. The molecule has 0 bridgehead atoms. The minimum absolute atomic E-state index is 0.181. The van der Waals surface area contributed by atoms with Gasteiger partial charge in [0.2, 0.25) is 5.91 Å². The molecule has 1 amide bonds. The molecule has 0 aromatic heterocycles. The monoisotopic (exact) mass is 1240 g/mol.